The summed E-state index contributed by atoms with van der Waals surface area (Å²) in [7, 11) is 0. The van der Waals surface area contributed by atoms with Crippen molar-refractivity contribution in [2.45, 2.75) is 119 Å². The van der Waals surface area contributed by atoms with Gasteiger partial charge >= 0.3 is 17.9 Å². The maximum Gasteiger partial charge on any atom is 0.337 e. The summed E-state index contributed by atoms with van der Waals surface area (Å²) in [5.74, 6) is -10.0. The monoisotopic (exact) mass is 588 g/mol. The number of carbonyl (C=O) groups is 6. The number of carboxylic acid groups (broad SMARTS) is 3. The average molecular weight is 589 g/mol. The van der Waals surface area contributed by atoms with Crippen LogP contribution in [0, 0.1) is 17.8 Å². The van der Waals surface area contributed by atoms with Gasteiger partial charge in [0.25, 0.3) is 0 Å². The minimum Gasteiger partial charge on any atom is -0.478 e. The van der Waals surface area contributed by atoms with E-state index in [0.29, 0.717) is 44.9 Å². The van der Waals surface area contributed by atoms with E-state index in [4.69, 9.17) is 0 Å². The van der Waals surface area contributed by atoms with Gasteiger partial charge in [0, 0.05) is 34.4 Å². The van der Waals surface area contributed by atoms with E-state index in [1.807, 2.05) is 20.8 Å². The van der Waals surface area contributed by atoms with Crippen LogP contribution in [0.3, 0.4) is 0 Å². The molecule has 9 heteroatoms. The highest BCUT2D eigenvalue weighted by Gasteiger charge is 2.43. The summed E-state index contributed by atoms with van der Waals surface area (Å²) in [5, 5.41) is 31.3. The van der Waals surface area contributed by atoms with Crippen LogP contribution in [0.1, 0.15) is 181 Å². The van der Waals surface area contributed by atoms with Crippen LogP contribution in [0.2, 0.25) is 0 Å². The van der Waals surface area contributed by atoms with Crippen molar-refractivity contribution in [1.82, 2.24) is 0 Å². The smallest absolute Gasteiger partial charge is 0.337 e. The Morgan fingerprint density at radius 2 is 0.643 bits per heavy atom. The van der Waals surface area contributed by atoms with Crippen LogP contribution in [-0.4, -0.2) is 50.6 Å². The van der Waals surface area contributed by atoms with Gasteiger partial charge in [0.1, 0.15) is 0 Å². The van der Waals surface area contributed by atoms with Gasteiger partial charge in [-0.05, 0) is 38.5 Å². The number of benzene rings is 1. The van der Waals surface area contributed by atoms with Gasteiger partial charge in [0.15, 0.2) is 17.3 Å². The van der Waals surface area contributed by atoms with Gasteiger partial charge in [-0.25, -0.2) is 14.4 Å². The molecule has 0 heterocycles. The molecular formula is C33H48O9. The summed E-state index contributed by atoms with van der Waals surface area (Å²) in [6.45, 7) is 10.9. The third-order valence-electron chi connectivity index (χ3n) is 8.19. The molecule has 0 amide bonds. The summed E-state index contributed by atoms with van der Waals surface area (Å²) in [6, 6.07) is 0. The van der Waals surface area contributed by atoms with Crippen molar-refractivity contribution >= 4 is 35.3 Å². The standard InChI is InChI=1S/C33H48O9/c1-7-13-16-19(10-4)28(34)22-23(29(35)20(11-5)17-14-8-2)26(32(39)40)27(33(41)42)24(25(22)31(37)38)30(36)21(12-6)18-15-9-3/h19-21H,7-18H2,1-6H3,(H,37,38)(H,39,40)(H,41,42). The van der Waals surface area contributed by atoms with Gasteiger partial charge in [0.05, 0.1) is 16.7 Å². The van der Waals surface area contributed by atoms with Crippen molar-refractivity contribution in [1.29, 1.82) is 0 Å². The molecule has 0 spiro atoms. The van der Waals surface area contributed by atoms with Crippen molar-refractivity contribution in [3.05, 3.63) is 33.4 Å². The summed E-state index contributed by atoms with van der Waals surface area (Å²) >= 11 is 0. The van der Waals surface area contributed by atoms with E-state index in [2.05, 4.69) is 0 Å². The lowest BCUT2D eigenvalue weighted by Gasteiger charge is -2.26. The Morgan fingerprint density at radius 3 is 0.833 bits per heavy atom. The van der Waals surface area contributed by atoms with Crippen molar-refractivity contribution in [3.63, 3.8) is 0 Å². The fourth-order valence-electron chi connectivity index (χ4n) is 5.66. The molecule has 1 rings (SSSR count). The predicted molar refractivity (Wildman–Crippen MR) is 160 cm³/mol. The van der Waals surface area contributed by atoms with Gasteiger partial charge < -0.3 is 15.3 Å². The van der Waals surface area contributed by atoms with Crippen molar-refractivity contribution < 1.29 is 44.1 Å². The number of rotatable bonds is 21. The maximum atomic E-state index is 14.2. The highest BCUT2D eigenvalue weighted by atomic mass is 16.4. The summed E-state index contributed by atoms with van der Waals surface area (Å²) in [5.41, 5.74) is -5.02. The van der Waals surface area contributed by atoms with Gasteiger partial charge in [-0.2, -0.15) is 0 Å². The van der Waals surface area contributed by atoms with Crippen LogP contribution < -0.4 is 0 Å². The molecule has 0 aliphatic rings. The first-order valence-corrected chi connectivity index (χ1v) is 15.5. The van der Waals surface area contributed by atoms with Crippen LogP contribution in [-0.2, 0) is 0 Å². The third-order valence-corrected chi connectivity index (χ3v) is 8.19. The highest BCUT2D eigenvalue weighted by molar-refractivity contribution is 6.26. The van der Waals surface area contributed by atoms with E-state index in [9.17, 15) is 44.1 Å². The fourth-order valence-corrected chi connectivity index (χ4v) is 5.66. The van der Waals surface area contributed by atoms with E-state index in [0.717, 1.165) is 19.3 Å². The zero-order chi connectivity index (χ0) is 32.1. The maximum absolute atomic E-state index is 14.2. The Kier molecular flexibility index (Phi) is 15.3. The minimum absolute atomic E-state index is 0.256. The molecule has 3 N–H and O–H groups in total. The van der Waals surface area contributed by atoms with Crippen LogP contribution in [0.4, 0.5) is 0 Å². The number of Topliss-reactive ketones (excluding diaryl/α,β-unsaturated/α-hetero) is 3. The highest BCUT2D eigenvalue weighted by Crippen LogP contribution is 2.37. The number of carboxylic acids is 3. The Labute approximate surface area is 249 Å². The molecule has 3 atom stereocenters. The summed E-state index contributed by atoms with van der Waals surface area (Å²) in [6.07, 6.45) is 5.94. The van der Waals surface area contributed by atoms with E-state index >= 15 is 0 Å². The summed E-state index contributed by atoms with van der Waals surface area (Å²) in [4.78, 5) is 80.9. The van der Waals surface area contributed by atoms with E-state index in [1.165, 1.54) is 0 Å². The lowest BCUT2D eigenvalue weighted by Crippen LogP contribution is -2.33. The van der Waals surface area contributed by atoms with Crippen molar-refractivity contribution in [3.8, 4) is 0 Å². The Balaban J connectivity index is 4.55. The predicted octanol–water partition coefficient (Wildman–Crippen LogP) is 7.98. The van der Waals surface area contributed by atoms with Crippen molar-refractivity contribution in [2.75, 3.05) is 0 Å². The van der Waals surface area contributed by atoms with E-state index < -0.39 is 86.4 Å². The average Bonchev–Trinajstić information content (AvgIpc) is 2.95. The van der Waals surface area contributed by atoms with Crippen LogP contribution >= 0.6 is 0 Å². The normalized spacial score (nSPS) is 13.3. The molecule has 3 unspecified atom stereocenters. The van der Waals surface area contributed by atoms with Gasteiger partial charge in [0.2, 0.25) is 0 Å². The number of aromatic carboxylic acids is 3. The second kappa shape index (κ2) is 17.6. The molecule has 0 saturated heterocycles. The minimum atomic E-state index is -1.84. The number of ketones is 3. The first kappa shape index (κ1) is 36.7. The quantitative estimate of drug-likeness (QED) is 0.121. The molecule has 42 heavy (non-hydrogen) atoms. The Hall–Kier alpha value is -3.36. The molecule has 0 aliphatic heterocycles. The Morgan fingerprint density at radius 1 is 0.429 bits per heavy atom. The molecule has 0 fully saturated rings. The third kappa shape index (κ3) is 8.35. The zero-order valence-electron chi connectivity index (χ0n) is 26.0. The van der Waals surface area contributed by atoms with Gasteiger partial charge in [-0.3, -0.25) is 14.4 Å². The Bertz CT molecular complexity index is 1160. The fraction of sp³-hybridized carbons (Fsp3) is 0.636. The first-order valence-electron chi connectivity index (χ1n) is 15.5. The molecule has 0 saturated carbocycles. The zero-order valence-corrected chi connectivity index (χ0v) is 26.0. The number of carbonyl (C=O) groups excluding carboxylic acids is 3. The molecule has 1 aromatic rings. The number of hydrogen-bond donors (Lipinski definition) is 3. The lowest BCUT2D eigenvalue weighted by atomic mass is 9.74. The van der Waals surface area contributed by atoms with Crippen molar-refractivity contribution in [2.24, 2.45) is 17.8 Å². The molecule has 234 valence electrons. The van der Waals surface area contributed by atoms with Crippen LogP contribution in [0.25, 0.3) is 0 Å². The summed E-state index contributed by atoms with van der Waals surface area (Å²) < 4.78 is 0. The molecule has 1 aromatic carbocycles. The molecule has 9 nitrogen and oxygen atoms in total. The van der Waals surface area contributed by atoms with E-state index in [-0.39, 0.29) is 12.8 Å². The molecule has 0 radical (unpaired) electrons. The number of hydrogen-bond acceptors (Lipinski definition) is 6. The van der Waals surface area contributed by atoms with E-state index in [1.54, 1.807) is 20.8 Å². The van der Waals surface area contributed by atoms with Gasteiger partial charge in [-0.15, -0.1) is 0 Å². The molecule has 0 aliphatic carbocycles. The molecule has 0 aromatic heterocycles. The lowest BCUT2D eigenvalue weighted by molar-refractivity contribution is 0.0638. The largest absolute Gasteiger partial charge is 0.478 e. The first-order chi connectivity index (χ1) is 19.9. The van der Waals surface area contributed by atoms with Crippen LogP contribution in [0.15, 0.2) is 0 Å². The SMILES string of the molecule is CCCCC(CC)C(=O)c1c(C(=O)O)c(C(=O)O)c(C(=O)C(CC)CCCC)c(C(=O)C(CC)CCCC)c1C(=O)O. The topological polar surface area (TPSA) is 163 Å². The second-order valence-corrected chi connectivity index (χ2v) is 11.0. The number of unbranched alkanes of at least 4 members (excludes halogenated alkanes) is 3. The van der Waals surface area contributed by atoms with Crippen LogP contribution in [0.5, 0.6) is 0 Å². The second-order valence-electron chi connectivity index (χ2n) is 11.0. The molecule has 0 bridgehead atoms. The van der Waals surface area contributed by atoms with Gasteiger partial charge in [-0.1, -0.05) is 80.1 Å². The molecular weight excluding hydrogens is 540 g/mol.